The van der Waals surface area contributed by atoms with Gasteiger partial charge in [0.25, 0.3) is 0 Å². The minimum atomic E-state index is 0.00526. The lowest BCUT2D eigenvalue weighted by Crippen LogP contribution is -2.31. The SMILES string of the molecule is CC(NC(=O)CCC1CCCNC1)c1cccc(Cl)c1. The van der Waals surface area contributed by atoms with Crippen molar-refractivity contribution in [3.63, 3.8) is 0 Å². The van der Waals surface area contributed by atoms with Crippen LogP contribution in [0.2, 0.25) is 5.02 Å². The van der Waals surface area contributed by atoms with Crippen LogP contribution in [0, 0.1) is 5.92 Å². The molecule has 1 saturated heterocycles. The van der Waals surface area contributed by atoms with Gasteiger partial charge in [0.15, 0.2) is 0 Å². The van der Waals surface area contributed by atoms with Crippen LogP contribution in [-0.4, -0.2) is 19.0 Å². The van der Waals surface area contributed by atoms with Gasteiger partial charge in [0, 0.05) is 11.4 Å². The molecule has 2 N–H and O–H groups in total. The van der Waals surface area contributed by atoms with Crippen LogP contribution < -0.4 is 10.6 Å². The van der Waals surface area contributed by atoms with E-state index in [4.69, 9.17) is 11.6 Å². The monoisotopic (exact) mass is 294 g/mol. The number of rotatable bonds is 5. The molecule has 2 atom stereocenters. The molecular formula is C16H23ClN2O. The number of halogens is 1. The first-order chi connectivity index (χ1) is 9.65. The van der Waals surface area contributed by atoms with Gasteiger partial charge in [-0.15, -0.1) is 0 Å². The summed E-state index contributed by atoms with van der Waals surface area (Å²) in [5, 5.41) is 7.14. The number of piperidine rings is 1. The summed E-state index contributed by atoms with van der Waals surface area (Å²) in [5.74, 6) is 0.777. The van der Waals surface area contributed by atoms with Gasteiger partial charge in [-0.3, -0.25) is 4.79 Å². The molecule has 0 radical (unpaired) electrons. The molecule has 110 valence electrons. The Bertz CT molecular complexity index is 444. The Labute approximate surface area is 126 Å². The quantitative estimate of drug-likeness (QED) is 0.875. The summed E-state index contributed by atoms with van der Waals surface area (Å²) in [5.41, 5.74) is 1.05. The van der Waals surface area contributed by atoms with Gasteiger partial charge >= 0.3 is 0 Å². The molecule has 1 aliphatic rings. The van der Waals surface area contributed by atoms with Crippen LogP contribution in [0.1, 0.15) is 44.2 Å². The van der Waals surface area contributed by atoms with Gasteiger partial charge in [-0.25, -0.2) is 0 Å². The van der Waals surface area contributed by atoms with Crippen LogP contribution in [0.15, 0.2) is 24.3 Å². The van der Waals surface area contributed by atoms with E-state index in [1.54, 1.807) is 0 Å². The first-order valence-corrected chi connectivity index (χ1v) is 7.78. The van der Waals surface area contributed by atoms with E-state index in [1.807, 2.05) is 31.2 Å². The molecule has 0 saturated carbocycles. The average molecular weight is 295 g/mol. The number of hydrogen-bond acceptors (Lipinski definition) is 2. The molecule has 2 rings (SSSR count). The summed E-state index contributed by atoms with van der Waals surface area (Å²) in [6.45, 7) is 4.16. The number of amides is 1. The molecule has 1 heterocycles. The lowest BCUT2D eigenvalue weighted by Gasteiger charge is -2.22. The lowest BCUT2D eigenvalue weighted by atomic mass is 9.94. The highest BCUT2D eigenvalue weighted by Crippen LogP contribution is 2.19. The third kappa shape index (κ3) is 4.80. The number of benzene rings is 1. The molecule has 0 bridgehead atoms. The van der Waals surface area contributed by atoms with Gasteiger partial charge in [-0.05, 0) is 62.9 Å². The smallest absolute Gasteiger partial charge is 0.220 e. The zero-order valence-electron chi connectivity index (χ0n) is 12.0. The highest BCUT2D eigenvalue weighted by atomic mass is 35.5. The maximum atomic E-state index is 12.0. The Morgan fingerprint density at radius 3 is 3.10 bits per heavy atom. The van der Waals surface area contributed by atoms with Gasteiger partial charge in [0.1, 0.15) is 0 Å². The maximum absolute atomic E-state index is 12.0. The number of carbonyl (C=O) groups excluding carboxylic acids is 1. The van der Waals surface area contributed by atoms with Gasteiger partial charge in [-0.1, -0.05) is 23.7 Å². The van der Waals surface area contributed by atoms with E-state index in [0.717, 1.165) is 25.1 Å². The third-order valence-electron chi connectivity index (χ3n) is 3.90. The standard InChI is InChI=1S/C16H23ClN2O/c1-12(14-5-2-6-15(17)10-14)19-16(20)8-7-13-4-3-9-18-11-13/h2,5-6,10,12-13,18H,3-4,7-9,11H2,1H3,(H,19,20). The molecule has 0 spiro atoms. The Balaban J connectivity index is 1.76. The van der Waals surface area contributed by atoms with Crippen molar-refractivity contribution < 1.29 is 4.79 Å². The van der Waals surface area contributed by atoms with Crippen LogP contribution >= 0.6 is 11.6 Å². The van der Waals surface area contributed by atoms with Gasteiger partial charge in [-0.2, -0.15) is 0 Å². The normalized spacial score (nSPS) is 20.4. The van der Waals surface area contributed by atoms with Gasteiger partial charge in [0.05, 0.1) is 6.04 Å². The molecule has 1 aromatic carbocycles. The molecule has 0 aromatic heterocycles. The van der Waals surface area contributed by atoms with Crippen molar-refractivity contribution in [1.29, 1.82) is 0 Å². The van der Waals surface area contributed by atoms with Crippen LogP contribution in [0.3, 0.4) is 0 Å². The second kappa shape index (κ2) is 7.65. The zero-order valence-corrected chi connectivity index (χ0v) is 12.7. The number of nitrogens with one attached hydrogen (secondary N) is 2. The molecule has 4 heteroatoms. The minimum Gasteiger partial charge on any atom is -0.350 e. The van der Waals surface area contributed by atoms with E-state index in [2.05, 4.69) is 10.6 Å². The van der Waals surface area contributed by atoms with Crippen molar-refractivity contribution in [2.75, 3.05) is 13.1 Å². The number of carbonyl (C=O) groups is 1. The summed E-state index contributed by atoms with van der Waals surface area (Å²) < 4.78 is 0. The topological polar surface area (TPSA) is 41.1 Å². The van der Waals surface area contributed by atoms with Crippen LogP contribution in [0.25, 0.3) is 0 Å². The Morgan fingerprint density at radius 2 is 2.40 bits per heavy atom. The second-order valence-corrected chi connectivity index (χ2v) is 6.03. The fraction of sp³-hybridized carbons (Fsp3) is 0.562. The average Bonchev–Trinajstić information content (AvgIpc) is 2.46. The van der Waals surface area contributed by atoms with Gasteiger partial charge < -0.3 is 10.6 Å². The summed E-state index contributed by atoms with van der Waals surface area (Å²) in [6, 6.07) is 7.65. The predicted octanol–water partition coefficient (Wildman–Crippen LogP) is 3.30. The summed E-state index contributed by atoms with van der Waals surface area (Å²) in [4.78, 5) is 12.0. The molecule has 0 aliphatic carbocycles. The molecule has 1 aliphatic heterocycles. The third-order valence-corrected chi connectivity index (χ3v) is 4.14. The predicted molar refractivity (Wildman–Crippen MR) is 82.8 cm³/mol. The van der Waals surface area contributed by atoms with Crippen LogP contribution in [-0.2, 0) is 4.79 Å². The molecule has 20 heavy (non-hydrogen) atoms. The number of hydrogen-bond donors (Lipinski definition) is 2. The Kier molecular flexibility index (Phi) is 5.86. The molecule has 1 fully saturated rings. The van der Waals surface area contributed by atoms with E-state index < -0.39 is 0 Å². The van der Waals surface area contributed by atoms with Crippen molar-refractivity contribution >= 4 is 17.5 Å². The van der Waals surface area contributed by atoms with E-state index in [9.17, 15) is 4.79 Å². The maximum Gasteiger partial charge on any atom is 0.220 e. The highest BCUT2D eigenvalue weighted by molar-refractivity contribution is 6.30. The van der Waals surface area contributed by atoms with Gasteiger partial charge in [0.2, 0.25) is 5.91 Å². The van der Waals surface area contributed by atoms with Crippen molar-refractivity contribution in [1.82, 2.24) is 10.6 Å². The Hall–Kier alpha value is -1.06. The van der Waals surface area contributed by atoms with E-state index >= 15 is 0 Å². The zero-order chi connectivity index (χ0) is 14.4. The van der Waals surface area contributed by atoms with E-state index in [-0.39, 0.29) is 11.9 Å². The molecule has 1 aromatic rings. The summed E-state index contributed by atoms with van der Waals surface area (Å²) >= 11 is 5.97. The van der Waals surface area contributed by atoms with Crippen LogP contribution in [0.5, 0.6) is 0 Å². The highest BCUT2D eigenvalue weighted by Gasteiger charge is 2.15. The summed E-state index contributed by atoms with van der Waals surface area (Å²) in [7, 11) is 0. The van der Waals surface area contributed by atoms with Crippen LogP contribution in [0.4, 0.5) is 0 Å². The fourth-order valence-electron chi connectivity index (χ4n) is 2.68. The fourth-order valence-corrected chi connectivity index (χ4v) is 2.88. The second-order valence-electron chi connectivity index (χ2n) is 5.60. The first-order valence-electron chi connectivity index (χ1n) is 7.40. The first kappa shape index (κ1) is 15.3. The summed E-state index contributed by atoms with van der Waals surface area (Å²) in [6.07, 6.45) is 4.05. The minimum absolute atomic E-state index is 0.00526. The van der Waals surface area contributed by atoms with E-state index in [0.29, 0.717) is 17.4 Å². The molecule has 3 nitrogen and oxygen atoms in total. The lowest BCUT2D eigenvalue weighted by molar-refractivity contribution is -0.122. The van der Waals surface area contributed by atoms with Crippen molar-refractivity contribution in [2.45, 2.75) is 38.6 Å². The molecular weight excluding hydrogens is 272 g/mol. The van der Waals surface area contributed by atoms with Crippen molar-refractivity contribution in [2.24, 2.45) is 5.92 Å². The molecule has 1 amide bonds. The largest absolute Gasteiger partial charge is 0.350 e. The van der Waals surface area contributed by atoms with Crippen molar-refractivity contribution in [3.8, 4) is 0 Å². The van der Waals surface area contributed by atoms with Crippen molar-refractivity contribution in [3.05, 3.63) is 34.9 Å². The molecule has 2 unspecified atom stereocenters. The Morgan fingerprint density at radius 1 is 1.55 bits per heavy atom. The van der Waals surface area contributed by atoms with E-state index in [1.165, 1.54) is 12.8 Å².